The van der Waals surface area contributed by atoms with Gasteiger partial charge in [-0.1, -0.05) is 6.07 Å². The fraction of sp³-hybridized carbons (Fsp3) is 0.364. The predicted molar refractivity (Wildman–Crippen MR) is 58.3 cm³/mol. The number of carbonyl (C=O) groups excluding carboxylic acids is 1. The highest BCUT2D eigenvalue weighted by Gasteiger charge is 2.17. The van der Waals surface area contributed by atoms with Crippen LogP contribution in [0.15, 0.2) is 18.2 Å². The third-order valence-corrected chi connectivity index (χ3v) is 2.42. The van der Waals surface area contributed by atoms with Crippen molar-refractivity contribution < 1.29 is 18.7 Å². The molecule has 1 aromatic carbocycles. The van der Waals surface area contributed by atoms with Gasteiger partial charge in [-0.2, -0.15) is 0 Å². The minimum Gasteiger partial charge on any atom is -0.494 e. The Morgan fingerprint density at radius 1 is 1.50 bits per heavy atom. The minimum atomic E-state index is -0.778. The van der Waals surface area contributed by atoms with Crippen molar-refractivity contribution >= 4 is 17.6 Å². The normalized spacial score (nSPS) is 12.0. The van der Waals surface area contributed by atoms with Gasteiger partial charge in [-0.25, -0.2) is 4.39 Å². The summed E-state index contributed by atoms with van der Waals surface area (Å²) in [7, 11) is 2.64. The Morgan fingerprint density at radius 3 is 2.75 bits per heavy atom. The summed E-state index contributed by atoms with van der Waals surface area (Å²) in [6.45, 7) is 0. The molecule has 0 amide bonds. The van der Waals surface area contributed by atoms with Crippen molar-refractivity contribution in [1.82, 2.24) is 0 Å². The first kappa shape index (κ1) is 12.8. The van der Waals surface area contributed by atoms with Gasteiger partial charge in [0.05, 0.1) is 14.2 Å². The first-order valence-corrected chi connectivity index (χ1v) is 5.06. The van der Waals surface area contributed by atoms with E-state index in [0.29, 0.717) is 5.56 Å². The van der Waals surface area contributed by atoms with Crippen LogP contribution in [0.4, 0.5) is 4.39 Å². The van der Waals surface area contributed by atoms with Crippen LogP contribution in [0.1, 0.15) is 5.56 Å². The lowest BCUT2D eigenvalue weighted by Gasteiger charge is -2.08. The fourth-order valence-corrected chi connectivity index (χ4v) is 1.52. The molecular formula is C11H12ClFO3. The van der Waals surface area contributed by atoms with Crippen LogP contribution in [0.5, 0.6) is 5.75 Å². The molecule has 5 heteroatoms. The number of halogens is 2. The van der Waals surface area contributed by atoms with Crippen LogP contribution in [0.3, 0.4) is 0 Å². The summed E-state index contributed by atoms with van der Waals surface area (Å²) in [5, 5.41) is -0.778. The van der Waals surface area contributed by atoms with Gasteiger partial charge in [0.2, 0.25) is 0 Å². The lowest BCUT2D eigenvalue weighted by molar-refractivity contribution is -0.140. The van der Waals surface area contributed by atoms with E-state index >= 15 is 0 Å². The molecule has 0 saturated heterocycles. The van der Waals surface area contributed by atoms with Gasteiger partial charge in [0.15, 0.2) is 11.6 Å². The number of rotatable bonds is 4. The van der Waals surface area contributed by atoms with Gasteiger partial charge in [0, 0.05) is 0 Å². The monoisotopic (exact) mass is 246 g/mol. The first-order chi connectivity index (χ1) is 7.58. The van der Waals surface area contributed by atoms with Crippen LogP contribution in [-0.4, -0.2) is 25.6 Å². The summed E-state index contributed by atoms with van der Waals surface area (Å²) in [5.41, 5.74) is 0.712. The van der Waals surface area contributed by atoms with Gasteiger partial charge >= 0.3 is 5.97 Å². The zero-order chi connectivity index (χ0) is 12.1. The second-order valence-electron chi connectivity index (χ2n) is 3.16. The minimum absolute atomic E-state index is 0.131. The summed E-state index contributed by atoms with van der Waals surface area (Å²) in [4.78, 5) is 11.1. The van der Waals surface area contributed by atoms with Gasteiger partial charge < -0.3 is 9.47 Å². The zero-order valence-corrected chi connectivity index (χ0v) is 9.75. The van der Waals surface area contributed by atoms with E-state index in [9.17, 15) is 9.18 Å². The Balaban J connectivity index is 2.78. The smallest absolute Gasteiger partial charge is 0.324 e. The topological polar surface area (TPSA) is 35.5 Å². The lowest BCUT2D eigenvalue weighted by Crippen LogP contribution is -2.18. The molecule has 1 atom stereocenters. The third-order valence-electron chi connectivity index (χ3n) is 2.09. The van der Waals surface area contributed by atoms with E-state index in [0.717, 1.165) is 0 Å². The average Bonchev–Trinajstić information content (AvgIpc) is 2.30. The summed E-state index contributed by atoms with van der Waals surface area (Å²) >= 11 is 5.79. The van der Waals surface area contributed by atoms with Crippen molar-refractivity contribution in [2.24, 2.45) is 0 Å². The van der Waals surface area contributed by atoms with E-state index in [2.05, 4.69) is 4.74 Å². The van der Waals surface area contributed by atoms with Gasteiger partial charge in [0.1, 0.15) is 5.38 Å². The van der Waals surface area contributed by atoms with E-state index in [1.165, 1.54) is 26.4 Å². The quantitative estimate of drug-likeness (QED) is 0.603. The molecule has 88 valence electrons. The summed E-state index contributed by atoms with van der Waals surface area (Å²) in [6, 6.07) is 4.33. The molecule has 0 N–H and O–H groups in total. The first-order valence-electron chi connectivity index (χ1n) is 4.62. The molecule has 3 nitrogen and oxygen atoms in total. The van der Waals surface area contributed by atoms with E-state index < -0.39 is 17.2 Å². The standard InChI is InChI=1S/C11H12ClFO3/c1-15-10-6-7(3-4-9(10)13)5-8(12)11(14)16-2/h3-4,6,8H,5H2,1-2H3. The SMILES string of the molecule is COC(=O)C(Cl)Cc1ccc(F)c(OC)c1. The Hall–Kier alpha value is -1.29. The summed E-state index contributed by atoms with van der Waals surface area (Å²) < 4.78 is 22.4. The molecule has 0 spiro atoms. The van der Waals surface area contributed by atoms with Crippen molar-refractivity contribution in [2.45, 2.75) is 11.8 Å². The number of ether oxygens (including phenoxy) is 2. The maximum Gasteiger partial charge on any atom is 0.324 e. The predicted octanol–water partition coefficient (Wildman–Crippen LogP) is 2.16. The number of alkyl halides is 1. The Kier molecular flexibility index (Phi) is 4.55. The molecule has 16 heavy (non-hydrogen) atoms. The zero-order valence-electron chi connectivity index (χ0n) is 9.00. The summed E-state index contributed by atoms with van der Waals surface area (Å²) in [6.07, 6.45) is 0.269. The molecule has 0 saturated carbocycles. The van der Waals surface area contributed by atoms with Crippen LogP contribution in [-0.2, 0) is 16.0 Å². The van der Waals surface area contributed by atoms with Crippen LogP contribution in [0, 0.1) is 5.82 Å². The highest BCUT2D eigenvalue weighted by Crippen LogP contribution is 2.20. The van der Waals surface area contributed by atoms with Crippen molar-refractivity contribution in [2.75, 3.05) is 14.2 Å². The van der Waals surface area contributed by atoms with E-state index in [-0.39, 0.29) is 12.2 Å². The number of esters is 1. The Bertz CT molecular complexity index is 381. The fourth-order valence-electron chi connectivity index (χ4n) is 1.25. The third kappa shape index (κ3) is 3.10. The van der Waals surface area contributed by atoms with Crippen LogP contribution in [0.25, 0.3) is 0 Å². The van der Waals surface area contributed by atoms with E-state index in [1.807, 2.05) is 0 Å². The molecule has 1 aromatic rings. The van der Waals surface area contributed by atoms with Crippen LogP contribution < -0.4 is 4.74 Å². The highest BCUT2D eigenvalue weighted by molar-refractivity contribution is 6.30. The molecule has 0 radical (unpaired) electrons. The number of carbonyl (C=O) groups is 1. The van der Waals surface area contributed by atoms with Crippen molar-refractivity contribution in [1.29, 1.82) is 0 Å². The van der Waals surface area contributed by atoms with Crippen molar-refractivity contribution in [3.05, 3.63) is 29.6 Å². The number of benzene rings is 1. The Labute approximate surface area is 98.1 Å². The molecule has 0 aromatic heterocycles. The van der Waals surface area contributed by atoms with E-state index in [4.69, 9.17) is 16.3 Å². The van der Waals surface area contributed by atoms with Gasteiger partial charge in [-0.05, 0) is 24.1 Å². The van der Waals surface area contributed by atoms with Gasteiger partial charge in [0.25, 0.3) is 0 Å². The summed E-state index contributed by atoms with van der Waals surface area (Å²) in [5.74, 6) is -0.827. The molecule has 0 fully saturated rings. The second kappa shape index (κ2) is 5.70. The van der Waals surface area contributed by atoms with Gasteiger partial charge in [-0.15, -0.1) is 11.6 Å². The highest BCUT2D eigenvalue weighted by atomic mass is 35.5. The Morgan fingerprint density at radius 2 is 2.19 bits per heavy atom. The maximum absolute atomic E-state index is 13.1. The molecule has 0 aliphatic heterocycles. The second-order valence-corrected chi connectivity index (χ2v) is 3.69. The lowest BCUT2D eigenvalue weighted by atomic mass is 10.1. The molecule has 0 bridgehead atoms. The van der Waals surface area contributed by atoms with Crippen LogP contribution >= 0.6 is 11.6 Å². The van der Waals surface area contributed by atoms with Crippen molar-refractivity contribution in [3.63, 3.8) is 0 Å². The number of hydrogen-bond acceptors (Lipinski definition) is 3. The molecule has 0 aliphatic rings. The number of hydrogen-bond donors (Lipinski definition) is 0. The van der Waals surface area contributed by atoms with E-state index in [1.54, 1.807) is 6.07 Å². The van der Waals surface area contributed by atoms with Crippen molar-refractivity contribution in [3.8, 4) is 5.75 Å². The average molecular weight is 247 g/mol. The van der Waals surface area contributed by atoms with Gasteiger partial charge in [-0.3, -0.25) is 4.79 Å². The largest absolute Gasteiger partial charge is 0.494 e. The van der Waals surface area contributed by atoms with Crippen LogP contribution in [0.2, 0.25) is 0 Å². The molecule has 1 unspecified atom stereocenters. The number of methoxy groups -OCH3 is 2. The molecule has 0 heterocycles. The molecular weight excluding hydrogens is 235 g/mol. The molecule has 1 rings (SSSR count). The maximum atomic E-state index is 13.1. The molecule has 0 aliphatic carbocycles.